The molecule has 0 spiro atoms. The van der Waals surface area contributed by atoms with E-state index in [0.29, 0.717) is 12.3 Å². The van der Waals surface area contributed by atoms with Crippen molar-refractivity contribution in [3.63, 3.8) is 0 Å². The maximum absolute atomic E-state index is 11.6. The van der Waals surface area contributed by atoms with Gasteiger partial charge in [0, 0.05) is 26.2 Å². The average Bonchev–Trinajstić information content (AvgIpc) is 2.67. The third-order valence-electron chi connectivity index (χ3n) is 5.08. The van der Waals surface area contributed by atoms with Crippen molar-refractivity contribution in [1.29, 1.82) is 0 Å². The normalized spacial score (nSPS) is 19.1. The molecule has 1 fully saturated rings. The number of nitrogens with zero attached hydrogens (tertiary/aromatic N) is 3. The van der Waals surface area contributed by atoms with Crippen LogP contribution in [0.5, 0.6) is 0 Å². The molecule has 3 rings (SSSR count). The van der Waals surface area contributed by atoms with Crippen molar-refractivity contribution in [2.45, 2.75) is 19.1 Å². The predicted octanol–water partition coefficient (Wildman–Crippen LogP) is 3.80. The van der Waals surface area contributed by atoms with Gasteiger partial charge in [-0.1, -0.05) is 30.3 Å². The van der Waals surface area contributed by atoms with Gasteiger partial charge in [-0.2, -0.15) is 0 Å². The minimum atomic E-state index is -0.318. The first kappa shape index (κ1) is 18.4. The fraction of sp³-hybridized carbons (Fsp3) is 0.400. The van der Waals surface area contributed by atoms with Crippen molar-refractivity contribution in [3.8, 4) is 0 Å². The quantitative estimate of drug-likeness (QED) is 0.603. The van der Waals surface area contributed by atoms with Crippen LogP contribution >= 0.6 is 0 Å². The fourth-order valence-corrected chi connectivity index (χ4v) is 3.32. The molecule has 138 valence electrons. The van der Waals surface area contributed by atoms with Crippen LogP contribution in [0.15, 0.2) is 48.5 Å². The number of nitro groups is 1. The summed E-state index contributed by atoms with van der Waals surface area (Å²) < 4.78 is 5.88. The van der Waals surface area contributed by atoms with Gasteiger partial charge in [0.05, 0.1) is 23.7 Å². The summed E-state index contributed by atoms with van der Waals surface area (Å²) in [4.78, 5) is 15.4. The van der Waals surface area contributed by atoms with Crippen LogP contribution in [0.3, 0.4) is 0 Å². The number of hydrogen-bond donors (Lipinski definition) is 0. The summed E-state index contributed by atoms with van der Waals surface area (Å²) >= 11 is 0. The Morgan fingerprint density at radius 1 is 1.27 bits per heavy atom. The Kier molecular flexibility index (Phi) is 5.54. The molecule has 6 heteroatoms. The second-order valence-corrected chi connectivity index (χ2v) is 6.82. The van der Waals surface area contributed by atoms with Crippen molar-refractivity contribution < 1.29 is 9.66 Å². The number of ether oxygens (including phenoxy) is 1. The van der Waals surface area contributed by atoms with Gasteiger partial charge in [0.2, 0.25) is 0 Å². The van der Waals surface area contributed by atoms with Gasteiger partial charge in [0.15, 0.2) is 0 Å². The van der Waals surface area contributed by atoms with E-state index in [1.54, 1.807) is 6.07 Å². The molecule has 1 saturated heterocycles. The van der Waals surface area contributed by atoms with E-state index in [2.05, 4.69) is 18.9 Å². The minimum Gasteiger partial charge on any atom is -0.371 e. The lowest BCUT2D eigenvalue weighted by Gasteiger charge is -2.32. The van der Waals surface area contributed by atoms with Crippen molar-refractivity contribution in [3.05, 3.63) is 69.8 Å². The molecule has 1 heterocycles. The van der Waals surface area contributed by atoms with Crippen LogP contribution in [-0.4, -0.2) is 43.6 Å². The maximum atomic E-state index is 11.6. The number of likely N-dealkylation sites (N-methyl/N-ethyl adjacent to an activating group) is 1. The molecule has 0 radical (unpaired) electrons. The standard InChI is InChI=1S/C20H25N3O3/c1-15(16-7-5-4-6-8-16)22(3)19-13-17(9-10-18(19)23(24)25)20-14-21(2)11-12-26-20/h4-10,13,15,20H,11-12,14H2,1-3H3/t15-,20?/m0/s1. The summed E-state index contributed by atoms with van der Waals surface area (Å²) in [6, 6.07) is 15.3. The highest BCUT2D eigenvalue weighted by atomic mass is 16.6. The minimum absolute atomic E-state index is 0.0140. The number of rotatable bonds is 5. The molecule has 1 unspecified atom stereocenters. The lowest BCUT2D eigenvalue weighted by Crippen LogP contribution is -2.35. The number of anilines is 1. The molecule has 1 aliphatic rings. The van der Waals surface area contributed by atoms with E-state index < -0.39 is 0 Å². The van der Waals surface area contributed by atoms with E-state index in [9.17, 15) is 10.1 Å². The first-order valence-electron chi connectivity index (χ1n) is 8.83. The first-order valence-corrected chi connectivity index (χ1v) is 8.83. The molecule has 6 nitrogen and oxygen atoms in total. The van der Waals surface area contributed by atoms with Crippen LogP contribution in [0.4, 0.5) is 11.4 Å². The highest BCUT2D eigenvalue weighted by molar-refractivity contribution is 5.65. The lowest BCUT2D eigenvalue weighted by atomic mass is 10.0. The largest absolute Gasteiger partial charge is 0.371 e. The van der Waals surface area contributed by atoms with Gasteiger partial charge >= 0.3 is 0 Å². The first-order chi connectivity index (χ1) is 12.5. The zero-order chi connectivity index (χ0) is 18.7. The maximum Gasteiger partial charge on any atom is 0.292 e. The second kappa shape index (κ2) is 7.85. The molecule has 26 heavy (non-hydrogen) atoms. The van der Waals surface area contributed by atoms with E-state index >= 15 is 0 Å². The lowest BCUT2D eigenvalue weighted by molar-refractivity contribution is -0.384. The molecule has 0 saturated carbocycles. The SMILES string of the molecule is C[C@@H](c1ccccc1)N(C)c1cc(C2CN(C)CCO2)ccc1[N+](=O)[O-]. The van der Waals surface area contributed by atoms with Gasteiger partial charge in [-0.05, 0) is 37.2 Å². The number of morpholine rings is 1. The molecular weight excluding hydrogens is 330 g/mol. The van der Waals surface area contributed by atoms with Gasteiger partial charge in [-0.15, -0.1) is 0 Å². The molecule has 0 aromatic heterocycles. The van der Waals surface area contributed by atoms with Crippen LogP contribution < -0.4 is 4.90 Å². The summed E-state index contributed by atoms with van der Waals surface area (Å²) in [6.07, 6.45) is -0.0614. The Hall–Kier alpha value is -2.44. The summed E-state index contributed by atoms with van der Waals surface area (Å²) in [7, 11) is 3.96. The topological polar surface area (TPSA) is 58.8 Å². The van der Waals surface area contributed by atoms with E-state index in [1.807, 2.05) is 54.4 Å². The van der Waals surface area contributed by atoms with Gasteiger partial charge < -0.3 is 14.5 Å². The Morgan fingerprint density at radius 3 is 2.65 bits per heavy atom. The van der Waals surface area contributed by atoms with Gasteiger partial charge in [0.1, 0.15) is 5.69 Å². The molecule has 2 aromatic carbocycles. The molecular formula is C20H25N3O3. The highest BCUT2D eigenvalue weighted by Crippen LogP contribution is 2.36. The summed E-state index contributed by atoms with van der Waals surface area (Å²) in [5, 5.41) is 11.6. The van der Waals surface area contributed by atoms with Crippen LogP contribution in [-0.2, 0) is 4.74 Å². The van der Waals surface area contributed by atoms with E-state index in [0.717, 1.165) is 24.2 Å². The van der Waals surface area contributed by atoms with Crippen LogP contribution in [0.1, 0.15) is 30.2 Å². The Bertz CT molecular complexity index is 766. The zero-order valence-corrected chi connectivity index (χ0v) is 15.5. The van der Waals surface area contributed by atoms with Crippen molar-refractivity contribution in [1.82, 2.24) is 4.90 Å². The van der Waals surface area contributed by atoms with E-state index in [4.69, 9.17) is 4.74 Å². The van der Waals surface area contributed by atoms with Crippen molar-refractivity contribution >= 4 is 11.4 Å². The average molecular weight is 355 g/mol. The summed E-state index contributed by atoms with van der Waals surface area (Å²) in [6.45, 7) is 4.41. The van der Waals surface area contributed by atoms with Crippen LogP contribution in [0, 0.1) is 10.1 Å². The monoisotopic (exact) mass is 355 g/mol. The fourth-order valence-electron chi connectivity index (χ4n) is 3.32. The molecule has 1 aliphatic heterocycles. The van der Waals surface area contributed by atoms with Crippen LogP contribution in [0.2, 0.25) is 0 Å². The number of benzene rings is 2. The number of nitro benzene ring substituents is 1. The highest BCUT2D eigenvalue weighted by Gasteiger charge is 2.26. The molecule has 2 aromatic rings. The Labute approximate surface area is 154 Å². The molecule has 0 amide bonds. The summed E-state index contributed by atoms with van der Waals surface area (Å²) in [5.41, 5.74) is 2.82. The van der Waals surface area contributed by atoms with E-state index in [-0.39, 0.29) is 22.8 Å². The molecule has 2 atom stereocenters. The van der Waals surface area contributed by atoms with Crippen LogP contribution in [0.25, 0.3) is 0 Å². The Balaban J connectivity index is 1.95. The number of hydrogen-bond acceptors (Lipinski definition) is 5. The molecule has 0 N–H and O–H groups in total. The smallest absolute Gasteiger partial charge is 0.292 e. The van der Waals surface area contributed by atoms with Crippen molar-refractivity contribution in [2.24, 2.45) is 0 Å². The second-order valence-electron chi connectivity index (χ2n) is 6.82. The van der Waals surface area contributed by atoms with E-state index in [1.165, 1.54) is 0 Å². The van der Waals surface area contributed by atoms with Gasteiger partial charge in [0.25, 0.3) is 5.69 Å². The third kappa shape index (κ3) is 3.86. The van der Waals surface area contributed by atoms with Gasteiger partial charge in [-0.25, -0.2) is 0 Å². The van der Waals surface area contributed by atoms with Crippen molar-refractivity contribution in [2.75, 3.05) is 38.7 Å². The zero-order valence-electron chi connectivity index (χ0n) is 15.5. The third-order valence-corrected chi connectivity index (χ3v) is 5.08. The Morgan fingerprint density at radius 2 is 2.00 bits per heavy atom. The summed E-state index contributed by atoms with van der Waals surface area (Å²) in [5.74, 6) is 0. The predicted molar refractivity (Wildman–Crippen MR) is 103 cm³/mol. The molecule has 0 aliphatic carbocycles. The van der Waals surface area contributed by atoms with Gasteiger partial charge in [-0.3, -0.25) is 10.1 Å². The molecule has 0 bridgehead atoms.